The molecule has 0 saturated carbocycles. The Hall–Kier alpha value is -2.49. The fourth-order valence-corrected chi connectivity index (χ4v) is 6.75. The van der Waals surface area contributed by atoms with Gasteiger partial charge >= 0.3 is 7.52 Å². The van der Waals surface area contributed by atoms with Crippen LogP contribution in [0.2, 0.25) is 0 Å². The summed E-state index contributed by atoms with van der Waals surface area (Å²) in [6, 6.07) is 4.50. The van der Waals surface area contributed by atoms with Gasteiger partial charge in [0.2, 0.25) is 15.9 Å². The maximum absolute atomic E-state index is 14.1. The maximum atomic E-state index is 14.1. The number of fused-ring (bicyclic) bond motifs is 1. The molecule has 1 aromatic heterocycles. The van der Waals surface area contributed by atoms with Crippen molar-refractivity contribution < 1.29 is 27.7 Å². The average Bonchev–Trinajstić information content (AvgIpc) is 2.94. The minimum atomic E-state index is -3.94. The molecule has 206 valence electrons. The Morgan fingerprint density at radius 3 is 2.30 bits per heavy atom. The lowest BCUT2D eigenvalue weighted by molar-refractivity contribution is 0.249. The highest BCUT2D eigenvalue weighted by atomic mass is 32.2. The number of nitrogens with one attached hydrogen (secondary N) is 2. The van der Waals surface area contributed by atoms with Crippen LogP contribution in [0, 0.1) is 5.41 Å². The van der Waals surface area contributed by atoms with Gasteiger partial charge in [0.05, 0.1) is 29.0 Å². The van der Waals surface area contributed by atoms with E-state index in [4.69, 9.17) is 4.52 Å². The highest BCUT2D eigenvalue weighted by Crippen LogP contribution is 2.54. The summed E-state index contributed by atoms with van der Waals surface area (Å²) in [5.41, 5.74) is 0.617. The Morgan fingerprint density at radius 2 is 1.78 bits per heavy atom. The molecular formula is C25H39N4O6PS. The molecule has 0 spiro atoms. The number of hydrogen-bond acceptors (Lipinski definition) is 7. The standard InChI is InChI=1S/C25H39N4O6PS/c1-15(2)35-36(32)18-14-16(28-37(9,33)34)10-11-17(18)26-22(27-36)19-20(30)21(25(6,7)8)29(23(19)31)13-12-24(3,4)5/h10-11,14-15,28,30-31H,12-13H2,1-9H3,(H,26,27,32). The molecule has 0 bridgehead atoms. The summed E-state index contributed by atoms with van der Waals surface area (Å²) >= 11 is 0. The summed E-state index contributed by atoms with van der Waals surface area (Å²) < 4.78 is 51.9. The van der Waals surface area contributed by atoms with E-state index in [2.05, 4.69) is 35.6 Å². The van der Waals surface area contributed by atoms with Crippen molar-refractivity contribution in [3.8, 4) is 11.6 Å². The molecule has 2 aromatic rings. The van der Waals surface area contributed by atoms with E-state index in [-0.39, 0.29) is 39.4 Å². The number of anilines is 2. The monoisotopic (exact) mass is 554 g/mol. The third-order valence-corrected chi connectivity index (χ3v) is 8.44. The molecule has 0 amide bonds. The number of hydrogen-bond donors (Lipinski definition) is 4. The summed E-state index contributed by atoms with van der Waals surface area (Å²) in [5.74, 6) is -0.330. The first-order valence-corrected chi connectivity index (χ1v) is 15.6. The molecule has 1 unspecified atom stereocenters. The number of nitrogens with zero attached hydrogens (tertiary/aromatic N) is 2. The van der Waals surface area contributed by atoms with E-state index in [9.17, 15) is 23.2 Å². The second-order valence-electron chi connectivity index (χ2n) is 12.0. The Balaban J connectivity index is 2.22. The molecule has 1 atom stereocenters. The van der Waals surface area contributed by atoms with Crippen LogP contribution in [0.5, 0.6) is 11.6 Å². The second-order valence-corrected chi connectivity index (χ2v) is 15.6. The minimum absolute atomic E-state index is 0.00955. The topological polar surface area (TPSA) is 142 Å². The van der Waals surface area contributed by atoms with Gasteiger partial charge in [-0.1, -0.05) is 41.5 Å². The second kappa shape index (κ2) is 9.67. The maximum Gasteiger partial charge on any atom is 0.348 e. The summed E-state index contributed by atoms with van der Waals surface area (Å²) in [6.45, 7) is 16.0. The van der Waals surface area contributed by atoms with Gasteiger partial charge in [0.15, 0.2) is 11.6 Å². The lowest BCUT2D eigenvalue weighted by Crippen LogP contribution is -2.27. The number of aromatic hydroxyl groups is 2. The van der Waals surface area contributed by atoms with Gasteiger partial charge in [0.25, 0.3) is 0 Å². The summed E-state index contributed by atoms with van der Waals surface area (Å²) in [5, 5.41) is 26.0. The van der Waals surface area contributed by atoms with Gasteiger partial charge in [-0.3, -0.25) is 9.29 Å². The Bertz CT molecular complexity index is 1380. The fourth-order valence-electron chi connectivity index (χ4n) is 4.20. The molecule has 1 aromatic carbocycles. The van der Waals surface area contributed by atoms with Crippen molar-refractivity contribution in [2.75, 3.05) is 16.3 Å². The van der Waals surface area contributed by atoms with Crippen LogP contribution in [0.3, 0.4) is 0 Å². The molecule has 0 aliphatic carbocycles. The molecule has 10 nitrogen and oxygen atoms in total. The van der Waals surface area contributed by atoms with E-state index < -0.39 is 29.1 Å². The summed E-state index contributed by atoms with van der Waals surface area (Å²) in [6.07, 6.45) is 1.29. The third kappa shape index (κ3) is 6.51. The van der Waals surface area contributed by atoms with E-state index in [1.54, 1.807) is 24.5 Å². The van der Waals surface area contributed by atoms with Crippen molar-refractivity contribution >= 4 is 40.1 Å². The van der Waals surface area contributed by atoms with E-state index >= 15 is 0 Å². The van der Waals surface area contributed by atoms with Crippen LogP contribution >= 0.6 is 7.52 Å². The first-order chi connectivity index (χ1) is 16.7. The van der Waals surface area contributed by atoms with E-state index in [0.29, 0.717) is 17.9 Å². The molecule has 1 aliphatic heterocycles. The smallest absolute Gasteiger partial charge is 0.348 e. The van der Waals surface area contributed by atoms with Crippen molar-refractivity contribution in [2.24, 2.45) is 10.2 Å². The van der Waals surface area contributed by atoms with Gasteiger partial charge < -0.3 is 24.6 Å². The van der Waals surface area contributed by atoms with Crippen LogP contribution in [0.4, 0.5) is 11.4 Å². The molecule has 3 rings (SSSR count). The molecule has 2 heterocycles. The van der Waals surface area contributed by atoms with Gasteiger partial charge in [-0.25, -0.2) is 8.42 Å². The normalized spacial score (nSPS) is 18.4. The molecule has 4 N–H and O–H groups in total. The molecule has 12 heteroatoms. The Labute approximate surface area is 219 Å². The van der Waals surface area contributed by atoms with Crippen molar-refractivity contribution in [3.05, 3.63) is 29.5 Å². The lowest BCUT2D eigenvalue weighted by Gasteiger charge is -2.26. The molecule has 0 radical (unpaired) electrons. The predicted octanol–water partition coefficient (Wildman–Crippen LogP) is 5.12. The number of aromatic nitrogens is 1. The van der Waals surface area contributed by atoms with Crippen LogP contribution in [0.25, 0.3) is 0 Å². The molecule has 1 aliphatic rings. The van der Waals surface area contributed by atoms with Crippen LogP contribution in [0.1, 0.15) is 73.1 Å². The highest BCUT2D eigenvalue weighted by molar-refractivity contribution is 7.92. The average molecular weight is 555 g/mol. The van der Waals surface area contributed by atoms with Crippen LogP contribution in [-0.2, 0) is 31.1 Å². The minimum Gasteiger partial charge on any atom is -0.505 e. The zero-order valence-electron chi connectivity index (χ0n) is 23.0. The van der Waals surface area contributed by atoms with E-state index in [1.807, 2.05) is 20.8 Å². The fraction of sp³-hybridized carbons (Fsp3) is 0.560. The largest absolute Gasteiger partial charge is 0.505 e. The number of amidine groups is 1. The van der Waals surface area contributed by atoms with Crippen molar-refractivity contribution in [1.82, 2.24) is 4.57 Å². The predicted molar refractivity (Wildman–Crippen MR) is 149 cm³/mol. The Kier molecular flexibility index (Phi) is 7.60. The number of sulfonamides is 1. The van der Waals surface area contributed by atoms with Crippen molar-refractivity contribution in [1.29, 1.82) is 0 Å². The van der Waals surface area contributed by atoms with E-state index in [0.717, 1.165) is 12.7 Å². The summed E-state index contributed by atoms with van der Waals surface area (Å²) in [4.78, 5) is 0. The van der Waals surface area contributed by atoms with Crippen molar-refractivity contribution in [3.63, 3.8) is 0 Å². The summed E-state index contributed by atoms with van der Waals surface area (Å²) in [7, 11) is -7.51. The van der Waals surface area contributed by atoms with E-state index in [1.165, 1.54) is 12.1 Å². The van der Waals surface area contributed by atoms with Gasteiger partial charge in [0.1, 0.15) is 5.56 Å². The van der Waals surface area contributed by atoms with Crippen LogP contribution < -0.4 is 15.3 Å². The van der Waals surface area contributed by atoms with Crippen LogP contribution in [0.15, 0.2) is 23.0 Å². The van der Waals surface area contributed by atoms with Gasteiger partial charge in [0, 0.05) is 17.6 Å². The zero-order valence-corrected chi connectivity index (χ0v) is 24.7. The first kappa shape index (κ1) is 29.1. The molecular weight excluding hydrogens is 515 g/mol. The lowest BCUT2D eigenvalue weighted by atomic mass is 9.89. The quantitative estimate of drug-likeness (QED) is 0.348. The zero-order chi connectivity index (χ0) is 28.1. The number of rotatable bonds is 7. The van der Waals surface area contributed by atoms with Crippen molar-refractivity contribution in [2.45, 2.75) is 79.9 Å². The molecule has 37 heavy (non-hydrogen) atoms. The number of benzene rings is 1. The van der Waals surface area contributed by atoms with Gasteiger partial charge in [-0.15, -0.1) is 0 Å². The Morgan fingerprint density at radius 1 is 1.16 bits per heavy atom. The highest BCUT2D eigenvalue weighted by Gasteiger charge is 2.39. The molecule has 0 fully saturated rings. The van der Waals surface area contributed by atoms with Crippen LogP contribution in [-0.4, -0.2) is 41.4 Å². The van der Waals surface area contributed by atoms with Gasteiger partial charge in [-0.2, -0.15) is 4.76 Å². The SMILES string of the molecule is CC(C)OP1(=O)N=C(c2c(O)c(C(C)(C)C)n(CCC(C)(C)C)c2O)Nc2ccc(NS(C)(=O)=O)cc21. The molecule has 0 saturated heterocycles. The van der Waals surface area contributed by atoms with Gasteiger partial charge in [-0.05, 0) is 43.9 Å². The first-order valence-electron chi connectivity index (χ1n) is 12.2. The third-order valence-electron chi connectivity index (χ3n) is 5.69.